The van der Waals surface area contributed by atoms with Crippen LogP contribution in [0.25, 0.3) is 0 Å². The van der Waals surface area contributed by atoms with Crippen molar-refractivity contribution in [2.45, 2.75) is 70.5 Å². The summed E-state index contributed by atoms with van der Waals surface area (Å²) in [6, 6.07) is 0.0790. The lowest BCUT2D eigenvalue weighted by molar-refractivity contribution is -0.195. The number of carbonyl (C=O) groups excluding carboxylic acids is 1. The van der Waals surface area contributed by atoms with Crippen molar-refractivity contribution in [3.05, 3.63) is 0 Å². The molecule has 1 heterocycles. The normalized spacial score (nSPS) is 34.5. The maximum atomic E-state index is 11.4. The summed E-state index contributed by atoms with van der Waals surface area (Å²) in [6.45, 7) is 6.25. The van der Waals surface area contributed by atoms with E-state index in [-0.39, 0.29) is 24.3 Å². The summed E-state index contributed by atoms with van der Waals surface area (Å²) in [7, 11) is 0. The number of hydrogen-bond donors (Lipinski definition) is 1. The second kappa shape index (κ2) is 5.45. The first kappa shape index (κ1) is 13.6. The number of ether oxygens (including phenoxy) is 3. The highest BCUT2D eigenvalue weighted by Gasteiger charge is 2.47. The van der Waals surface area contributed by atoms with E-state index in [2.05, 4.69) is 5.32 Å². The molecule has 5 nitrogen and oxygen atoms in total. The molecule has 0 radical (unpaired) electrons. The van der Waals surface area contributed by atoms with Gasteiger partial charge in [-0.25, -0.2) is 4.79 Å². The maximum Gasteiger partial charge on any atom is 0.407 e. The summed E-state index contributed by atoms with van der Waals surface area (Å²) in [5, 5.41) is 2.88. The van der Waals surface area contributed by atoms with Crippen LogP contribution in [-0.4, -0.2) is 36.7 Å². The zero-order valence-corrected chi connectivity index (χ0v) is 11.4. The standard InChI is InChI=1S/C13H23NO4/c1-4-16-12(15)14-11-6-5-7-13(8-11)17-9(2)10(3)18-13/h9-11H,4-8H2,1-3H3,(H,14,15)/t9-,10-,11-/m1/s1. The molecule has 2 aliphatic rings. The van der Waals surface area contributed by atoms with Crippen LogP contribution in [0.15, 0.2) is 0 Å². The fourth-order valence-corrected chi connectivity index (χ4v) is 2.77. The van der Waals surface area contributed by atoms with Crippen molar-refractivity contribution in [3.63, 3.8) is 0 Å². The monoisotopic (exact) mass is 257 g/mol. The van der Waals surface area contributed by atoms with Crippen LogP contribution in [0.3, 0.4) is 0 Å². The molecular weight excluding hydrogens is 234 g/mol. The van der Waals surface area contributed by atoms with Crippen LogP contribution < -0.4 is 5.32 Å². The van der Waals surface area contributed by atoms with Gasteiger partial charge in [0, 0.05) is 18.9 Å². The summed E-state index contributed by atoms with van der Waals surface area (Å²) in [6.07, 6.45) is 3.45. The van der Waals surface area contributed by atoms with Gasteiger partial charge in [0.2, 0.25) is 0 Å². The van der Waals surface area contributed by atoms with E-state index >= 15 is 0 Å². The Morgan fingerprint density at radius 1 is 1.39 bits per heavy atom. The highest BCUT2D eigenvalue weighted by Crippen LogP contribution is 2.40. The van der Waals surface area contributed by atoms with E-state index < -0.39 is 5.79 Å². The van der Waals surface area contributed by atoms with Crippen LogP contribution in [0.5, 0.6) is 0 Å². The molecule has 3 atom stereocenters. The second-order valence-corrected chi connectivity index (χ2v) is 5.21. The molecule has 0 unspecified atom stereocenters. The zero-order chi connectivity index (χ0) is 13.2. The third-order valence-corrected chi connectivity index (χ3v) is 3.73. The molecule has 0 aromatic carbocycles. The number of amides is 1. The van der Waals surface area contributed by atoms with Gasteiger partial charge in [0.15, 0.2) is 5.79 Å². The van der Waals surface area contributed by atoms with Gasteiger partial charge in [0.1, 0.15) is 0 Å². The van der Waals surface area contributed by atoms with E-state index in [1.807, 2.05) is 13.8 Å². The van der Waals surface area contributed by atoms with E-state index in [1.54, 1.807) is 6.92 Å². The molecule has 1 N–H and O–H groups in total. The molecule has 2 rings (SSSR count). The SMILES string of the molecule is CCOC(=O)N[C@@H]1CCCC2(C1)O[C@H](C)[C@@H](C)O2. The minimum absolute atomic E-state index is 0.0790. The average Bonchev–Trinajstić information content (AvgIpc) is 2.54. The molecule has 1 saturated carbocycles. The number of carbonyl (C=O) groups is 1. The van der Waals surface area contributed by atoms with E-state index in [9.17, 15) is 4.79 Å². The van der Waals surface area contributed by atoms with Gasteiger partial charge < -0.3 is 19.5 Å². The van der Waals surface area contributed by atoms with Crippen LogP contribution in [0.1, 0.15) is 46.5 Å². The lowest BCUT2D eigenvalue weighted by Crippen LogP contribution is -2.46. The number of alkyl carbamates (subject to hydrolysis) is 1. The fourth-order valence-electron chi connectivity index (χ4n) is 2.77. The Morgan fingerprint density at radius 2 is 2.06 bits per heavy atom. The Bertz CT molecular complexity index is 297. The van der Waals surface area contributed by atoms with E-state index in [4.69, 9.17) is 14.2 Å². The highest BCUT2D eigenvalue weighted by atomic mass is 16.8. The van der Waals surface area contributed by atoms with Gasteiger partial charge in [-0.05, 0) is 33.6 Å². The van der Waals surface area contributed by atoms with Crippen LogP contribution in [0.4, 0.5) is 4.79 Å². The Morgan fingerprint density at radius 3 is 2.67 bits per heavy atom. The minimum atomic E-state index is -0.499. The Balaban J connectivity index is 1.91. The quantitative estimate of drug-likeness (QED) is 0.824. The minimum Gasteiger partial charge on any atom is -0.450 e. The van der Waals surface area contributed by atoms with Crippen LogP contribution in [0, 0.1) is 0 Å². The Kier molecular flexibility index (Phi) is 4.12. The Hall–Kier alpha value is -0.810. The molecule has 1 saturated heterocycles. The third kappa shape index (κ3) is 2.95. The largest absolute Gasteiger partial charge is 0.450 e. The molecule has 0 bridgehead atoms. The number of hydrogen-bond acceptors (Lipinski definition) is 4. The first-order valence-corrected chi connectivity index (χ1v) is 6.83. The summed E-state index contributed by atoms with van der Waals surface area (Å²) in [4.78, 5) is 11.4. The third-order valence-electron chi connectivity index (χ3n) is 3.73. The molecule has 0 aromatic rings. The topological polar surface area (TPSA) is 56.8 Å². The van der Waals surface area contributed by atoms with Gasteiger partial charge in [0.05, 0.1) is 18.8 Å². The van der Waals surface area contributed by atoms with Crippen molar-refractivity contribution in [1.82, 2.24) is 5.32 Å². The van der Waals surface area contributed by atoms with Gasteiger partial charge in [-0.15, -0.1) is 0 Å². The van der Waals surface area contributed by atoms with Crippen molar-refractivity contribution in [2.24, 2.45) is 0 Å². The molecule has 2 fully saturated rings. The summed E-state index contributed by atoms with van der Waals surface area (Å²) in [5.41, 5.74) is 0. The van der Waals surface area contributed by atoms with Crippen molar-refractivity contribution in [1.29, 1.82) is 0 Å². The summed E-state index contributed by atoms with van der Waals surface area (Å²) >= 11 is 0. The summed E-state index contributed by atoms with van der Waals surface area (Å²) < 4.78 is 16.8. The molecule has 1 aliphatic carbocycles. The number of nitrogens with one attached hydrogen (secondary N) is 1. The maximum absolute atomic E-state index is 11.4. The van der Waals surface area contributed by atoms with Gasteiger partial charge >= 0.3 is 6.09 Å². The predicted molar refractivity (Wildman–Crippen MR) is 66.2 cm³/mol. The molecule has 1 aliphatic heterocycles. The predicted octanol–water partition coefficient (Wildman–Crippen LogP) is 2.20. The molecule has 5 heteroatoms. The molecule has 1 spiro atoms. The van der Waals surface area contributed by atoms with Gasteiger partial charge in [-0.3, -0.25) is 0 Å². The van der Waals surface area contributed by atoms with Gasteiger partial charge in [-0.1, -0.05) is 0 Å². The van der Waals surface area contributed by atoms with Crippen molar-refractivity contribution < 1.29 is 19.0 Å². The first-order chi connectivity index (χ1) is 8.54. The molecule has 0 aromatic heterocycles. The van der Waals surface area contributed by atoms with Crippen LogP contribution in [0.2, 0.25) is 0 Å². The molecule has 104 valence electrons. The number of rotatable bonds is 2. The van der Waals surface area contributed by atoms with E-state index in [0.717, 1.165) is 19.3 Å². The summed E-state index contributed by atoms with van der Waals surface area (Å²) in [5.74, 6) is -0.499. The highest BCUT2D eigenvalue weighted by molar-refractivity contribution is 5.67. The van der Waals surface area contributed by atoms with E-state index in [0.29, 0.717) is 13.0 Å². The zero-order valence-electron chi connectivity index (χ0n) is 11.4. The molecular formula is C13H23NO4. The second-order valence-electron chi connectivity index (χ2n) is 5.21. The molecule has 1 amide bonds. The van der Waals surface area contributed by atoms with Gasteiger partial charge in [-0.2, -0.15) is 0 Å². The van der Waals surface area contributed by atoms with E-state index in [1.165, 1.54) is 0 Å². The smallest absolute Gasteiger partial charge is 0.407 e. The van der Waals surface area contributed by atoms with Gasteiger partial charge in [0.25, 0.3) is 0 Å². The Labute approximate surface area is 108 Å². The molecule has 18 heavy (non-hydrogen) atoms. The average molecular weight is 257 g/mol. The first-order valence-electron chi connectivity index (χ1n) is 6.83. The van der Waals surface area contributed by atoms with Crippen molar-refractivity contribution in [2.75, 3.05) is 6.61 Å². The lowest BCUT2D eigenvalue weighted by atomic mass is 9.90. The fraction of sp³-hybridized carbons (Fsp3) is 0.923. The van der Waals surface area contributed by atoms with Crippen LogP contribution >= 0.6 is 0 Å². The van der Waals surface area contributed by atoms with Crippen molar-refractivity contribution in [3.8, 4) is 0 Å². The van der Waals surface area contributed by atoms with Crippen molar-refractivity contribution >= 4 is 6.09 Å². The van der Waals surface area contributed by atoms with Crippen LogP contribution in [-0.2, 0) is 14.2 Å². The lowest BCUT2D eigenvalue weighted by Gasteiger charge is -2.36.